The normalized spacial score (nSPS) is 19.0. The van der Waals surface area contributed by atoms with Crippen molar-refractivity contribution in [3.63, 3.8) is 0 Å². The molecule has 1 aliphatic heterocycles. The zero-order valence-electron chi connectivity index (χ0n) is 12.5. The highest BCUT2D eigenvalue weighted by atomic mass is 79.9. The Hall–Kier alpha value is -0.640. The molecule has 0 saturated carbocycles. The highest BCUT2D eigenvalue weighted by Crippen LogP contribution is 2.31. The second kappa shape index (κ2) is 5.86. The fourth-order valence-electron chi connectivity index (χ4n) is 2.84. The van der Waals surface area contributed by atoms with Gasteiger partial charge in [-0.1, -0.05) is 41.4 Å². The molecule has 0 unspecified atom stereocenters. The molecule has 1 saturated heterocycles. The summed E-state index contributed by atoms with van der Waals surface area (Å²) in [5.41, 5.74) is 2.56. The lowest BCUT2D eigenvalue weighted by molar-refractivity contribution is 0.127. The standard InChI is InChI=1S/C17H20BrClN2/c1-17(2)5-7-21(8-6-17)11-13-9-12-10-14(18)3-4-15(12)20-16(13)19/h3-4,9-10H,5-8,11H2,1-2H3. The van der Waals surface area contributed by atoms with Crippen molar-refractivity contribution < 1.29 is 0 Å². The maximum absolute atomic E-state index is 6.37. The number of fused-ring (bicyclic) bond motifs is 1. The number of nitrogens with zero attached hydrogens (tertiary/aromatic N) is 2. The van der Waals surface area contributed by atoms with Gasteiger partial charge in [-0.05, 0) is 55.6 Å². The van der Waals surface area contributed by atoms with E-state index in [1.807, 2.05) is 12.1 Å². The van der Waals surface area contributed by atoms with Crippen LogP contribution in [0.1, 0.15) is 32.3 Å². The number of piperidine rings is 1. The van der Waals surface area contributed by atoms with Crippen molar-refractivity contribution in [1.82, 2.24) is 9.88 Å². The minimum Gasteiger partial charge on any atom is -0.299 e. The highest BCUT2D eigenvalue weighted by Gasteiger charge is 2.25. The zero-order valence-corrected chi connectivity index (χ0v) is 14.8. The molecule has 0 amide bonds. The number of hydrogen-bond acceptors (Lipinski definition) is 2. The van der Waals surface area contributed by atoms with E-state index in [1.165, 1.54) is 12.8 Å². The van der Waals surface area contributed by atoms with Crippen LogP contribution in [0.5, 0.6) is 0 Å². The second-order valence-corrected chi connectivity index (χ2v) is 7.99. The van der Waals surface area contributed by atoms with E-state index in [9.17, 15) is 0 Å². The van der Waals surface area contributed by atoms with Crippen molar-refractivity contribution in [2.24, 2.45) is 5.41 Å². The van der Waals surface area contributed by atoms with E-state index < -0.39 is 0 Å². The van der Waals surface area contributed by atoms with E-state index in [4.69, 9.17) is 11.6 Å². The summed E-state index contributed by atoms with van der Waals surface area (Å²) < 4.78 is 1.07. The summed E-state index contributed by atoms with van der Waals surface area (Å²) in [4.78, 5) is 7.01. The third-order valence-electron chi connectivity index (χ3n) is 4.41. The van der Waals surface area contributed by atoms with Crippen LogP contribution < -0.4 is 0 Å². The number of hydrogen-bond donors (Lipinski definition) is 0. The molecule has 1 aliphatic rings. The summed E-state index contributed by atoms with van der Waals surface area (Å²) in [6, 6.07) is 8.27. The van der Waals surface area contributed by atoms with Crippen LogP contribution in [-0.2, 0) is 6.54 Å². The van der Waals surface area contributed by atoms with E-state index in [1.54, 1.807) is 0 Å². The Bertz CT molecular complexity index is 659. The fraction of sp³-hybridized carbons (Fsp3) is 0.471. The van der Waals surface area contributed by atoms with E-state index in [-0.39, 0.29) is 0 Å². The van der Waals surface area contributed by atoms with Crippen LogP contribution >= 0.6 is 27.5 Å². The van der Waals surface area contributed by atoms with Gasteiger partial charge in [0.25, 0.3) is 0 Å². The molecule has 2 aromatic rings. The molecule has 3 rings (SSSR count). The molecule has 112 valence electrons. The smallest absolute Gasteiger partial charge is 0.134 e. The Morgan fingerprint density at radius 2 is 1.95 bits per heavy atom. The molecule has 0 aliphatic carbocycles. The van der Waals surface area contributed by atoms with Crippen LogP contribution in [0.25, 0.3) is 10.9 Å². The largest absolute Gasteiger partial charge is 0.299 e. The van der Waals surface area contributed by atoms with Crippen molar-refractivity contribution in [3.8, 4) is 0 Å². The van der Waals surface area contributed by atoms with Gasteiger partial charge in [0.1, 0.15) is 5.15 Å². The maximum atomic E-state index is 6.37. The lowest BCUT2D eigenvalue weighted by Crippen LogP contribution is -2.36. The molecule has 1 aromatic carbocycles. The first-order valence-corrected chi connectivity index (χ1v) is 8.57. The Balaban J connectivity index is 1.82. The summed E-state index contributed by atoms with van der Waals surface area (Å²) in [7, 11) is 0. The predicted molar refractivity (Wildman–Crippen MR) is 92.7 cm³/mol. The van der Waals surface area contributed by atoms with Gasteiger partial charge >= 0.3 is 0 Å². The van der Waals surface area contributed by atoms with Gasteiger partial charge < -0.3 is 0 Å². The molecule has 1 aromatic heterocycles. The van der Waals surface area contributed by atoms with Crippen molar-refractivity contribution >= 4 is 38.4 Å². The molecule has 0 radical (unpaired) electrons. The van der Waals surface area contributed by atoms with E-state index in [2.05, 4.69) is 51.8 Å². The number of pyridine rings is 1. The van der Waals surface area contributed by atoms with Crippen molar-refractivity contribution in [2.45, 2.75) is 33.2 Å². The number of aromatic nitrogens is 1. The maximum Gasteiger partial charge on any atom is 0.134 e. The van der Waals surface area contributed by atoms with Crippen LogP contribution in [0, 0.1) is 5.41 Å². The highest BCUT2D eigenvalue weighted by molar-refractivity contribution is 9.10. The molecule has 0 atom stereocenters. The van der Waals surface area contributed by atoms with E-state index in [0.717, 1.165) is 40.6 Å². The SMILES string of the molecule is CC1(C)CCN(Cc2cc3cc(Br)ccc3nc2Cl)CC1. The minimum absolute atomic E-state index is 0.479. The zero-order chi connectivity index (χ0) is 15.0. The number of benzene rings is 1. The average Bonchev–Trinajstić information content (AvgIpc) is 2.42. The topological polar surface area (TPSA) is 16.1 Å². The fourth-order valence-corrected chi connectivity index (χ4v) is 3.42. The molecule has 4 heteroatoms. The lowest BCUT2D eigenvalue weighted by atomic mass is 9.82. The molecule has 0 N–H and O–H groups in total. The Kier molecular flexibility index (Phi) is 4.26. The molecule has 21 heavy (non-hydrogen) atoms. The summed E-state index contributed by atoms with van der Waals surface area (Å²) >= 11 is 9.88. The third kappa shape index (κ3) is 3.58. The number of rotatable bonds is 2. The van der Waals surface area contributed by atoms with Gasteiger partial charge in [0.05, 0.1) is 5.52 Å². The summed E-state index contributed by atoms with van der Waals surface area (Å²) in [5.74, 6) is 0. The first-order valence-electron chi connectivity index (χ1n) is 7.40. The van der Waals surface area contributed by atoms with Crippen molar-refractivity contribution in [3.05, 3.63) is 39.5 Å². The van der Waals surface area contributed by atoms with Gasteiger partial charge in [0, 0.05) is 22.0 Å². The molecule has 1 fully saturated rings. The van der Waals surface area contributed by atoms with E-state index in [0.29, 0.717) is 10.6 Å². The molecular formula is C17H20BrClN2. The molecule has 2 nitrogen and oxygen atoms in total. The van der Waals surface area contributed by atoms with Crippen LogP contribution in [0.4, 0.5) is 0 Å². The monoisotopic (exact) mass is 366 g/mol. The van der Waals surface area contributed by atoms with Crippen molar-refractivity contribution in [2.75, 3.05) is 13.1 Å². The quantitative estimate of drug-likeness (QED) is 0.672. The Morgan fingerprint density at radius 3 is 2.67 bits per heavy atom. The predicted octanol–water partition coefficient (Wildman–Crippen LogP) is 5.27. The minimum atomic E-state index is 0.479. The first-order chi connectivity index (χ1) is 9.93. The number of halogens is 2. The summed E-state index contributed by atoms with van der Waals surface area (Å²) in [6.45, 7) is 7.88. The molecule has 0 spiro atoms. The van der Waals surface area contributed by atoms with Crippen LogP contribution in [-0.4, -0.2) is 23.0 Å². The lowest BCUT2D eigenvalue weighted by Gasteiger charge is -2.37. The van der Waals surface area contributed by atoms with Gasteiger partial charge in [-0.15, -0.1) is 0 Å². The average molecular weight is 368 g/mol. The second-order valence-electron chi connectivity index (χ2n) is 6.72. The third-order valence-corrected chi connectivity index (χ3v) is 5.23. The summed E-state index contributed by atoms with van der Waals surface area (Å²) in [5, 5.41) is 1.77. The molecule has 2 heterocycles. The van der Waals surface area contributed by atoms with Crippen molar-refractivity contribution in [1.29, 1.82) is 0 Å². The number of likely N-dealkylation sites (tertiary alicyclic amines) is 1. The summed E-state index contributed by atoms with van der Waals surface area (Å²) in [6.07, 6.45) is 2.49. The van der Waals surface area contributed by atoms with Crippen LogP contribution in [0.3, 0.4) is 0 Å². The van der Waals surface area contributed by atoms with E-state index >= 15 is 0 Å². The van der Waals surface area contributed by atoms with Crippen LogP contribution in [0.15, 0.2) is 28.7 Å². The Morgan fingerprint density at radius 1 is 1.24 bits per heavy atom. The van der Waals surface area contributed by atoms with Gasteiger partial charge in [-0.3, -0.25) is 4.90 Å². The van der Waals surface area contributed by atoms with Gasteiger partial charge in [-0.25, -0.2) is 4.98 Å². The first kappa shape index (κ1) is 15.3. The molecular weight excluding hydrogens is 348 g/mol. The van der Waals surface area contributed by atoms with Gasteiger partial charge in [0.2, 0.25) is 0 Å². The Labute approximate surface area is 139 Å². The van der Waals surface area contributed by atoms with Crippen LogP contribution in [0.2, 0.25) is 5.15 Å². The van der Waals surface area contributed by atoms with Gasteiger partial charge in [0.15, 0.2) is 0 Å². The molecule has 0 bridgehead atoms. The van der Waals surface area contributed by atoms with Gasteiger partial charge in [-0.2, -0.15) is 0 Å².